The number of likely N-dealkylation sites (tertiary alicyclic amines) is 1. The molecule has 5 heteroatoms. The molecule has 0 spiro atoms. The standard InChI is InChI=1S/C19H29N3O2/c1-4-7-16(20)18(23)21-17-10-9-15(12-13(17)2)19(24)22-11-6-5-8-14(22)3/h9-10,12,14,16H,4-8,11,20H2,1-3H3,(H,21,23). The van der Waals surface area contributed by atoms with E-state index in [2.05, 4.69) is 12.2 Å². The second kappa shape index (κ2) is 8.29. The van der Waals surface area contributed by atoms with E-state index in [1.807, 2.05) is 24.8 Å². The zero-order valence-electron chi connectivity index (χ0n) is 15.0. The van der Waals surface area contributed by atoms with Crippen molar-refractivity contribution in [1.29, 1.82) is 0 Å². The minimum absolute atomic E-state index is 0.0749. The van der Waals surface area contributed by atoms with Crippen LogP contribution in [-0.4, -0.2) is 35.3 Å². The van der Waals surface area contributed by atoms with Crippen LogP contribution < -0.4 is 11.1 Å². The molecule has 2 atom stereocenters. The van der Waals surface area contributed by atoms with E-state index in [9.17, 15) is 9.59 Å². The van der Waals surface area contributed by atoms with Crippen LogP contribution in [0.15, 0.2) is 18.2 Å². The fourth-order valence-electron chi connectivity index (χ4n) is 3.17. The van der Waals surface area contributed by atoms with Gasteiger partial charge in [0.1, 0.15) is 0 Å². The number of hydrogen-bond acceptors (Lipinski definition) is 3. The SMILES string of the molecule is CCCC(N)C(=O)Nc1ccc(C(=O)N2CCCCC2C)cc1C. The largest absolute Gasteiger partial charge is 0.336 e. The van der Waals surface area contributed by atoms with Gasteiger partial charge in [0.15, 0.2) is 0 Å². The van der Waals surface area contributed by atoms with Gasteiger partial charge in [0, 0.05) is 23.8 Å². The van der Waals surface area contributed by atoms with Crippen molar-refractivity contribution in [2.24, 2.45) is 5.73 Å². The van der Waals surface area contributed by atoms with E-state index in [0.717, 1.165) is 37.1 Å². The molecule has 3 N–H and O–H groups in total. The van der Waals surface area contributed by atoms with Crippen LogP contribution in [-0.2, 0) is 4.79 Å². The molecule has 1 aromatic carbocycles. The van der Waals surface area contributed by atoms with Crippen molar-refractivity contribution in [2.75, 3.05) is 11.9 Å². The number of carbonyl (C=O) groups excluding carboxylic acids is 2. The molecule has 2 amide bonds. The molecule has 132 valence electrons. The zero-order valence-corrected chi connectivity index (χ0v) is 15.0. The molecule has 0 aliphatic carbocycles. The van der Waals surface area contributed by atoms with Crippen LogP contribution in [0.25, 0.3) is 0 Å². The third kappa shape index (κ3) is 4.35. The Kier molecular flexibility index (Phi) is 6.37. The van der Waals surface area contributed by atoms with Gasteiger partial charge < -0.3 is 16.0 Å². The number of aryl methyl sites for hydroxylation is 1. The van der Waals surface area contributed by atoms with E-state index in [1.54, 1.807) is 12.1 Å². The van der Waals surface area contributed by atoms with E-state index < -0.39 is 6.04 Å². The number of hydrogen-bond donors (Lipinski definition) is 2. The summed E-state index contributed by atoms with van der Waals surface area (Å²) in [7, 11) is 0. The molecule has 1 fully saturated rings. The molecule has 24 heavy (non-hydrogen) atoms. The number of anilines is 1. The lowest BCUT2D eigenvalue weighted by Gasteiger charge is -2.33. The van der Waals surface area contributed by atoms with Crippen LogP contribution in [0.5, 0.6) is 0 Å². The van der Waals surface area contributed by atoms with E-state index in [-0.39, 0.29) is 17.9 Å². The Morgan fingerprint density at radius 1 is 1.38 bits per heavy atom. The van der Waals surface area contributed by atoms with Crippen molar-refractivity contribution >= 4 is 17.5 Å². The number of piperidine rings is 1. The fraction of sp³-hybridized carbons (Fsp3) is 0.579. The van der Waals surface area contributed by atoms with E-state index in [0.29, 0.717) is 12.0 Å². The first-order chi connectivity index (χ1) is 11.4. The summed E-state index contributed by atoms with van der Waals surface area (Å²) in [5.41, 5.74) is 8.12. The van der Waals surface area contributed by atoms with Crippen molar-refractivity contribution in [3.05, 3.63) is 29.3 Å². The van der Waals surface area contributed by atoms with Crippen molar-refractivity contribution in [3.63, 3.8) is 0 Å². The highest BCUT2D eigenvalue weighted by atomic mass is 16.2. The Balaban J connectivity index is 2.09. The highest BCUT2D eigenvalue weighted by molar-refractivity contribution is 5.98. The molecule has 1 aliphatic heterocycles. The van der Waals surface area contributed by atoms with Crippen LogP contribution in [0.4, 0.5) is 5.69 Å². The van der Waals surface area contributed by atoms with Gasteiger partial charge in [-0.3, -0.25) is 9.59 Å². The van der Waals surface area contributed by atoms with Gasteiger partial charge in [-0.1, -0.05) is 13.3 Å². The Bertz CT molecular complexity index is 600. The van der Waals surface area contributed by atoms with Gasteiger partial charge in [-0.25, -0.2) is 0 Å². The Labute approximate surface area is 144 Å². The Morgan fingerprint density at radius 2 is 2.12 bits per heavy atom. The molecule has 0 radical (unpaired) electrons. The summed E-state index contributed by atoms with van der Waals surface area (Å²) in [4.78, 5) is 26.7. The summed E-state index contributed by atoms with van der Waals surface area (Å²) < 4.78 is 0. The number of carbonyl (C=O) groups is 2. The molecule has 5 nitrogen and oxygen atoms in total. The summed E-state index contributed by atoms with van der Waals surface area (Å²) in [5, 5.41) is 2.86. The lowest BCUT2D eigenvalue weighted by atomic mass is 10.0. The first kappa shape index (κ1) is 18.5. The molecule has 1 aliphatic rings. The summed E-state index contributed by atoms with van der Waals surface area (Å²) >= 11 is 0. The Hall–Kier alpha value is -1.88. The molecule has 1 saturated heterocycles. The highest BCUT2D eigenvalue weighted by Crippen LogP contribution is 2.22. The summed E-state index contributed by atoms with van der Waals surface area (Å²) in [6, 6.07) is 5.23. The number of amides is 2. The number of nitrogens with one attached hydrogen (secondary N) is 1. The second-order valence-electron chi connectivity index (χ2n) is 6.76. The Morgan fingerprint density at radius 3 is 2.75 bits per heavy atom. The molecule has 0 aromatic heterocycles. The second-order valence-corrected chi connectivity index (χ2v) is 6.76. The van der Waals surface area contributed by atoms with Gasteiger partial charge in [0.25, 0.3) is 5.91 Å². The number of nitrogens with zero attached hydrogens (tertiary/aromatic N) is 1. The molecular weight excluding hydrogens is 302 g/mol. The minimum atomic E-state index is -0.495. The first-order valence-electron chi connectivity index (χ1n) is 8.92. The summed E-state index contributed by atoms with van der Waals surface area (Å²) in [5.74, 6) is -0.102. The third-order valence-electron chi connectivity index (χ3n) is 4.73. The number of rotatable bonds is 5. The van der Waals surface area contributed by atoms with Gasteiger partial charge in [0.05, 0.1) is 6.04 Å². The smallest absolute Gasteiger partial charge is 0.254 e. The zero-order chi connectivity index (χ0) is 17.7. The van der Waals surface area contributed by atoms with Crippen molar-refractivity contribution < 1.29 is 9.59 Å². The van der Waals surface area contributed by atoms with Crippen molar-refractivity contribution in [1.82, 2.24) is 4.90 Å². The summed E-state index contributed by atoms with van der Waals surface area (Å²) in [6.45, 7) is 6.83. The fourth-order valence-corrected chi connectivity index (χ4v) is 3.17. The minimum Gasteiger partial charge on any atom is -0.336 e. The molecule has 2 rings (SSSR count). The highest BCUT2D eigenvalue weighted by Gasteiger charge is 2.24. The average molecular weight is 331 g/mol. The molecular formula is C19H29N3O2. The van der Waals surface area contributed by atoms with Crippen LogP contribution in [0, 0.1) is 6.92 Å². The van der Waals surface area contributed by atoms with Gasteiger partial charge in [0.2, 0.25) is 5.91 Å². The van der Waals surface area contributed by atoms with Crippen LogP contribution in [0.1, 0.15) is 61.9 Å². The monoisotopic (exact) mass is 331 g/mol. The molecule has 0 saturated carbocycles. The van der Waals surface area contributed by atoms with Crippen LogP contribution >= 0.6 is 0 Å². The molecule has 0 bridgehead atoms. The topological polar surface area (TPSA) is 75.4 Å². The van der Waals surface area contributed by atoms with Crippen molar-refractivity contribution in [2.45, 2.75) is 65.0 Å². The lowest BCUT2D eigenvalue weighted by Crippen LogP contribution is -2.42. The van der Waals surface area contributed by atoms with E-state index >= 15 is 0 Å². The normalized spacial score (nSPS) is 19.0. The first-order valence-corrected chi connectivity index (χ1v) is 8.92. The number of benzene rings is 1. The molecule has 1 heterocycles. The predicted octanol–water partition coefficient (Wildman–Crippen LogP) is 3.08. The van der Waals surface area contributed by atoms with Crippen LogP contribution in [0.2, 0.25) is 0 Å². The van der Waals surface area contributed by atoms with Gasteiger partial charge in [-0.05, 0) is 63.3 Å². The quantitative estimate of drug-likeness (QED) is 0.870. The van der Waals surface area contributed by atoms with Gasteiger partial charge >= 0.3 is 0 Å². The average Bonchev–Trinajstić information content (AvgIpc) is 2.56. The molecule has 1 aromatic rings. The maximum absolute atomic E-state index is 12.7. The van der Waals surface area contributed by atoms with E-state index in [4.69, 9.17) is 5.73 Å². The van der Waals surface area contributed by atoms with Gasteiger partial charge in [-0.2, -0.15) is 0 Å². The maximum atomic E-state index is 12.7. The third-order valence-corrected chi connectivity index (χ3v) is 4.73. The van der Waals surface area contributed by atoms with E-state index in [1.165, 1.54) is 6.42 Å². The summed E-state index contributed by atoms with van der Waals surface area (Å²) in [6.07, 6.45) is 4.85. The van der Waals surface area contributed by atoms with Crippen LogP contribution in [0.3, 0.4) is 0 Å². The lowest BCUT2D eigenvalue weighted by molar-refractivity contribution is -0.117. The number of nitrogens with two attached hydrogens (primary N) is 1. The maximum Gasteiger partial charge on any atom is 0.254 e. The van der Waals surface area contributed by atoms with Gasteiger partial charge in [-0.15, -0.1) is 0 Å². The van der Waals surface area contributed by atoms with Crippen molar-refractivity contribution in [3.8, 4) is 0 Å². The predicted molar refractivity (Wildman–Crippen MR) is 97.0 cm³/mol. The molecule has 2 unspecified atom stereocenters.